The van der Waals surface area contributed by atoms with Crippen molar-refractivity contribution < 1.29 is 19.1 Å². The van der Waals surface area contributed by atoms with Crippen LogP contribution in [0.4, 0.5) is 11.4 Å². The summed E-state index contributed by atoms with van der Waals surface area (Å²) in [5.41, 5.74) is 2.38. The fraction of sp³-hybridized carbons (Fsp3) is 0.304. The van der Waals surface area contributed by atoms with Crippen molar-refractivity contribution in [3.63, 3.8) is 0 Å². The lowest BCUT2D eigenvalue weighted by atomic mass is 10.2. The number of carbonyl (C=O) groups excluding carboxylic acids is 2. The van der Waals surface area contributed by atoms with E-state index in [4.69, 9.17) is 9.47 Å². The van der Waals surface area contributed by atoms with E-state index in [2.05, 4.69) is 5.32 Å². The topological polar surface area (TPSA) is 67.9 Å². The van der Waals surface area contributed by atoms with E-state index in [0.717, 1.165) is 24.2 Å². The van der Waals surface area contributed by atoms with E-state index in [1.54, 1.807) is 23.1 Å². The summed E-state index contributed by atoms with van der Waals surface area (Å²) in [6.45, 7) is 5.67. The largest absolute Gasteiger partial charge is 0.490 e. The summed E-state index contributed by atoms with van der Waals surface area (Å²) in [6.07, 6.45) is 4.69. The maximum absolute atomic E-state index is 12.2. The molecule has 0 unspecified atom stereocenters. The monoisotopic (exact) mass is 394 g/mol. The van der Waals surface area contributed by atoms with Crippen molar-refractivity contribution in [3.8, 4) is 11.5 Å². The van der Waals surface area contributed by atoms with Crippen molar-refractivity contribution >= 4 is 29.3 Å². The summed E-state index contributed by atoms with van der Waals surface area (Å²) >= 11 is 0. The minimum atomic E-state index is -0.234. The summed E-state index contributed by atoms with van der Waals surface area (Å²) in [4.78, 5) is 25.8. The van der Waals surface area contributed by atoms with Gasteiger partial charge in [0.25, 0.3) is 0 Å². The van der Waals surface area contributed by atoms with E-state index in [1.807, 2.05) is 44.2 Å². The molecule has 2 aromatic rings. The van der Waals surface area contributed by atoms with Crippen LogP contribution in [-0.4, -0.2) is 31.6 Å². The first kappa shape index (κ1) is 20.5. The summed E-state index contributed by atoms with van der Waals surface area (Å²) < 4.78 is 11.2. The van der Waals surface area contributed by atoms with Crippen LogP contribution < -0.4 is 19.7 Å². The molecule has 3 rings (SSSR count). The summed E-state index contributed by atoms with van der Waals surface area (Å²) in [5.74, 6) is 1.25. The van der Waals surface area contributed by atoms with E-state index >= 15 is 0 Å². The highest BCUT2D eigenvalue weighted by Crippen LogP contribution is 2.29. The minimum Gasteiger partial charge on any atom is -0.490 e. The normalized spacial score (nSPS) is 13.7. The van der Waals surface area contributed by atoms with Gasteiger partial charge in [0.15, 0.2) is 11.5 Å². The molecule has 1 aliphatic heterocycles. The molecular weight excluding hydrogens is 368 g/mol. The number of benzene rings is 2. The van der Waals surface area contributed by atoms with E-state index in [1.165, 1.54) is 6.08 Å². The predicted molar refractivity (Wildman–Crippen MR) is 114 cm³/mol. The van der Waals surface area contributed by atoms with Gasteiger partial charge in [-0.1, -0.05) is 6.07 Å². The van der Waals surface area contributed by atoms with Gasteiger partial charge in [0.2, 0.25) is 11.8 Å². The fourth-order valence-corrected chi connectivity index (χ4v) is 3.17. The second-order valence-corrected chi connectivity index (χ2v) is 6.59. The molecule has 6 nitrogen and oxygen atoms in total. The number of rotatable bonds is 8. The lowest BCUT2D eigenvalue weighted by Gasteiger charge is -2.15. The van der Waals surface area contributed by atoms with Crippen LogP contribution in [0.25, 0.3) is 6.08 Å². The fourth-order valence-electron chi connectivity index (χ4n) is 3.17. The Hall–Kier alpha value is -3.28. The van der Waals surface area contributed by atoms with Gasteiger partial charge in [0.1, 0.15) is 0 Å². The highest BCUT2D eigenvalue weighted by Gasteiger charge is 2.21. The highest BCUT2D eigenvalue weighted by molar-refractivity contribution is 6.02. The number of amides is 2. The van der Waals surface area contributed by atoms with E-state index in [9.17, 15) is 9.59 Å². The first-order valence-corrected chi connectivity index (χ1v) is 9.90. The molecule has 0 bridgehead atoms. The van der Waals surface area contributed by atoms with Crippen molar-refractivity contribution in [1.82, 2.24) is 0 Å². The van der Waals surface area contributed by atoms with Gasteiger partial charge >= 0.3 is 0 Å². The molecule has 1 heterocycles. The molecule has 2 aromatic carbocycles. The minimum absolute atomic E-state index is 0.145. The number of ether oxygens (including phenoxy) is 2. The average molecular weight is 394 g/mol. The molecule has 29 heavy (non-hydrogen) atoms. The van der Waals surface area contributed by atoms with Crippen LogP contribution in [0.2, 0.25) is 0 Å². The van der Waals surface area contributed by atoms with Crippen LogP contribution in [0.15, 0.2) is 48.5 Å². The number of anilines is 2. The standard InChI is InChI=1S/C23H26N2O4/c1-3-28-20-13-7-17(16-21(20)29-4-2)8-14-22(26)24-18-9-11-19(12-10-18)25-15-5-6-23(25)27/h7-14,16H,3-6,15H2,1-2H3,(H,24,26)/b14-8+. The summed E-state index contributed by atoms with van der Waals surface area (Å²) in [5, 5.41) is 2.83. The van der Waals surface area contributed by atoms with E-state index in [-0.39, 0.29) is 11.8 Å². The lowest BCUT2D eigenvalue weighted by Crippen LogP contribution is -2.23. The smallest absolute Gasteiger partial charge is 0.248 e. The van der Waals surface area contributed by atoms with Gasteiger partial charge in [-0.25, -0.2) is 0 Å². The highest BCUT2D eigenvalue weighted by atomic mass is 16.5. The zero-order chi connectivity index (χ0) is 20.6. The lowest BCUT2D eigenvalue weighted by molar-refractivity contribution is -0.117. The molecule has 0 atom stereocenters. The Morgan fingerprint density at radius 2 is 1.79 bits per heavy atom. The van der Waals surface area contributed by atoms with Crippen molar-refractivity contribution in [2.24, 2.45) is 0 Å². The molecule has 1 fully saturated rings. The number of carbonyl (C=O) groups is 2. The number of nitrogens with zero attached hydrogens (tertiary/aromatic N) is 1. The van der Waals surface area contributed by atoms with Crippen LogP contribution in [0.5, 0.6) is 11.5 Å². The Balaban J connectivity index is 1.62. The van der Waals surface area contributed by atoms with Gasteiger partial charge in [-0.3, -0.25) is 9.59 Å². The molecule has 1 saturated heterocycles. The third kappa shape index (κ3) is 5.38. The average Bonchev–Trinajstić information content (AvgIpc) is 3.15. The predicted octanol–water partition coefficient (Wildman–Crippen LogP) is 4.26. The Morgan fingerprint density at radius 1 is 1.07 bits per heavy atom. The molecule has 0 radical (unpaired) electrons. The molecule has 152 valence electrons. The summed E-state index contributed by atoms with van der Waals surface area (Å²) in [6, 6.07) is 12.9. The quantitative estimate of drug-likeness (QED) is 0.679. The molecule has 1 aliphatic rings. The van der Waals surface area contributed by atoms with E-state index in [0.29, 0.717) is 36.8 Å². The van der Waals surface area contributed by atoms with Gasteiger partial charge in [-0.2, -0.15) is 0 Å². The van der Waals surface area contributed by atoms with Crippen LogP contribution in [-0.2, 0) is 9.59 Å². The van der Waals surface area contributed by atoms with Crippen LogP contribution in [0, 0.1) is 0 Å². The third-order valence-corrected chi connectivity index (χ3v) is 4.51. The van der Waals surface area contributed by atoms with Crippen molar-refractivity contribution in [3.05, 3.63) is 54.1 Å². The molecule has 1 N–H and O–H groups in total. The second-order valence-electron chi connectivity index (χ2n) is 6.59. The maximum atomic E-state index is 12.2. The zero-order valence-corrected chi connectivity index (χ0v) is 16.8. The second kappa shape index (κ2) is 9.78. The van der Waals surface area contributed by atoms with Gasteiger partial charge in [-0.05, 0) is 68.3 Å². The van der Waals surface area contributed by atoms with Gasteiger partial charge in [-0.15, -0.1) is 0 Å². The first-order valence-electron chi connectivity index (χ1n) is 9.90. The van der Waals surface area contributed by atoms with Crippen LogP contribution in [0.1, 0.15) is 32.3 Å². The van der Waals surface area contributed by atoms with Crippen LogP contribution >= 0.6 is 0 Å². The molecule has 0 aliphatic carbocycles. The number of hydrogen-bond donors (Lipinski definition) is 1. The summed E-state index contributed by atoms with van der Waals surface area (Å²) in [7, 11) is 0. The SMILES string of the molecule is CCOc1ccc(/C=C/C(=O)Nc2ccc(N3CCCC3=O)cc2)cc1OCC. The molecule has 6 heteroatoms. The molecule has 0 spiro atoms. The van der Waals surface area contributed by atoms with Gasteiger partial charge < -0.3 is 19.7 Å². The van der Waals surface area contributed by atoms with Gasteiger partial charge in [0, 0.05) is 30.4 Å². The van der Waals surface area contributed by atoms with Gasteiger partial charge in [0.05, 0.1) is 13.2 Å². The van der Waals surface area contributed by atoms with Crippen molar-refractivity contribution in [2.45, 2.75) is 26.7 Å². The zero-order valence-electron chi connectivity index (χ0n) is 16.8. The molecular formula is C23H26N2O4. The first-order chi connectivity index (χ1) is 14.1. The Kier molecular flexibility index (Phi) is 6.89. The Labute approximate surface area is 171 Å². The van der Waals surface area contributed by atoms with Crippen molar-refractivity contribution in [1.29, 1.82) is 0 Å². The number of nitrogens with one attached hydrogen (secondary N) is 1. The maximum Gasteiger partial charge on any atom is 0.248 e. The molecule has 0 aromatic heterocycles. The van der Waals surface area contributed by atoms with Crippen molar-refractivity contribution in [2.75, 3.05) is 30.0 Å². The Morgan fingerprint density at radius 3 is 2.45 bits per heavy atom. The number of hydrogen-bond acceptors (Lipinski definition) is 4. The third-order valence-electron chi connectivity index (χ3n) is 4.51. The van der Waals surface area contributed by atoms with Crippen LogP contribution in [0.3, 0.4) is 0 Å². The van der Waals surface area contributed by atoms with E-state index < -0.39 is 0 Å². The Bertz CT molecular complexity index is 890. The molecule has 0 saturated carbocycles. The molecule has 2 amide bonds.